The van der Waals surface area contributed by atoms with Crippen LogP contribution < -0.4 is 15.2 Å². The molecule has 4 heteroatoms. The van der Waals surface area contributed by atoms with Crippen molar-refractivity contribution in [3.63, 3.8) is 0 Å². The first-order valence-electron chi connectivity index (χ1n) is 4.94. The summed E-state index contributed by atoms with van der Waals surface area (Å²) in [5.41, 5.74) is 5.60. The quantitative estimate of drug-likeness (QED) is 0.795. The predicted octanol–water partition coefficient (Wildman–Crippen LogP) is 1.34. The first kappa shape index (κ1) is 9.83. The fourth-order valence-corrected chi connectivity index (χ4v) is 1.47. The third-order valence-electron chi connectivity index (χ3n) is 2.40. The van der Waals surface area contributed by atoms with Crippen LogP contribution in [-0.2, 0) is 0 Å². The van der Waals surface area contributed by atoms with Crippen molar-refractivity contribution in [2.75, 3.05) is 6.61 Å². The molecule has 1 atom stereocenters. The molecule has 0 saturated carbocycles. The molecule has 1 heterocycles. The van der Waals surface area contributed by atoms with Gasteiger partial charge in [0.25, 0.3) is 0 Å². The molecular weight excluding hydrogens is 194 g/mol. The van der Waals surface area contributed by atoms with Gasteiger partial charge >= 0.3 is 0 Å². The van der Waals surface area contributed by atoms with Gasteiger partial charge in [-0.05, 0) is 24.6 Å². The fraction of sp³-hybridized carbons (Fsp3) is 0.364. The number of hydrogen-bond donors (Lipinski definition) is 1. The molecule has 1 aromatic carbocycles. The first-order valence-corrected chi connectivity index (χ1v) is 4.94. The second-order valence-corrected chi connectivity index (χ2v) is 3.48. The highest BCUT2D eigenvalue weighted by Gasteiger charge is 2.20. The lowest BCUT2D eigenvalue weighted by Gasteiger charge is -2.25. The van der Waals surface area contributed by atoms with Gasteiger partial charge in [0.1, 0.15) is 12.7 Å². The molecule has 1 amide bonds. The molecule has 0 aromatic heterocycles. The highest BCUT2D eigenvalue weighted by atomic mass is 16.6. The summed E-state index contributed by atoms with van der Waals surface area (Å²) >= 11 is 0. The van der Waals surface area contributed by atoms with E-state index in [1.807, 2.05) is 6.92 Å². The number of amides is 1. The molecule has 0 bridgehead atoms. The van der Waals surface area contributed by atoms with Crippen LogP contribution in [0.25, 0.3) is 0 Å². The topological polar surface area (TPSA) is 61.5 Å². The molecule has 4 nitrogen and oxygen atoms in total. The Labute approximate surface area is 88.0 Å². The minimum absolute atomic E-state index is 0.0944. The van der Waals surface area contributed by atoms with E-state index in [0.29, 0.717) is 23.7 Å². The summed E-state index contributed by atoms with van der Waals surface area (Å²) in [6.45, 7) is 2.56. The Bertz CT molecular complexity index is 389. The molecule has 2 rings (SSSR count). The van der Waals surface area contributed by atoms with Crippen LogP contribution in [0.5, 0.6) is 11.5 Å². The maximum Gasteiger partial charge on any atom is 0.248 e. The molecule has 0 aliphatic carbocycles. The van der Waals surface area contributed by atoms with E-state index in [1.165, 1.54) is 0 Å². The van der Waals surface area contributed by atoms with Gasteiger partial charge < -0.3 is 15.2 Å². The Hall–Kier alpha value is -1.71. The highest BCUT2D eigenvalue weighted by molar-refractivity contribution is 5.93. The van der Waals surface area contributed by atoms with Crippen LogP contribution in [0.3, 0.4) is 0 Å². The molecule has 1 unspecified atom stereocenters. The molecule has 0 fully saturated rings. The second kappa shape index (κ2) is 3.81. The first-order chi connectivity index (χ1) is 7.20. The van der Waals surface area contributed by atoms with E-state index in [2.05, 4.69) is 0 Å². The van der Waals surface area contributed by atoms with Crippen molar-refractivity contribution in [3.8, 4) is 11.5 Å². The van der Waals surface area contributed by atoms with Gasteiger partial charge in [-0.2, -0.15) is 0 Å². The zero-order valence-electron chi connectivity index (χ0n) is 8.53. The highest BCUT2D eigenvalue weighted by Crippen LogP contribution is 2.32. The maximum absolute atomic E-state index is 10.9. The van der Waals surface area contributed by atoms with E-state index < -0.39 is 5.91 Å². The van der Waals surface area contributed by atoms with E-state index in [0.717, 1.165) is 6.42 Å². The Morgan fingerprint density at radius 2 is 2.33 bits per heavy atom. The van der Waals surface area contributed by atoms with Gasteiger partial charge in [-0.25, -0.2) is 0 Å². The Balaban J connectivity index is 2.28. The number of primary amides is 1. The average Bonchev–Trinajstić information content (AvgIpc) is 2.27. The predicted molar refractivity (Wildman–Crippen MR) is 55.2 cm³/mol. The summed E-state index contributed by atoms with van der Waals surface area (Å²) in [5, 5.41) is 0. The fourth-order valence-electron chi connectivity index (χ4n) is 1.47. The number of hydrogen-bond acceptors (Lipinski definition) is 3. The van der Waals surface area contributed by atoms with Crippen molar-refractivity contribution in [1.82, 2.24) is 0 Å². The molecule has 2 N–H and O–H groups in total. The van der Waals surface area contributed by atoms with Crippen LogP contribution in [0, 0.1) is 0 Å². The molecule has 1 aromatic rings. The van der Waals surface area contributed by atoms with Gasteiger partial charge in [0.15, 0.2) is 11.5 Å². The summed E-state index contributed by atoms with van der Waals surface area (Å²) in [6.07, 6.45) is 0.994. The third kappa shape index (κ3) is 1.88. The number of ether oxygens (including phenoxy) is 2. The van der Waals surface area contributed by atoms with Crippen LogP contribution in [0.4, 0.5) is 0 Å². The number of benzene rings is 1. The molecule has 0 spiro atoms. The van der Waals surface area contributed by atoms with Crippen molar-refractivity contribution in [2.45, 2.75) is 19.4 Å². The Morgan fingerprint density at radius 3 is 3.00 bits per heavy atom. The standard InChI is InChI=1S/C11H13NO3/c1-2-8-6-14-10-5-7(11(12)13)3-4-9(10)15-8/h3-5,8H,2,6H2,1H3,(H2,12,13). The van der Waals surface area contributed by atoms with Gasteiger partial charge in [-0.15, -0.1) is 0 Å². The van der Waals surface area contributed by atoms with Crippen molar-refractivity contribution in [2.24, 2.45) is 5.73 Å². The SMILES string of the molecule is CCC1COc2cc(C(N)=O)ccc2O1. The van der Waals surface area contributed by atoms with E-state index in [4.69, 9.17) is 15.2 Å². The Morgan fingerprint density at radius 1 is 1.53 bits per heavy atom. The molecule has 0 radical (unpaired) electrons. The second-order valence-electron chi connectivity index (χ2n) is 3.48. The number of nitrogens with two attached hydrogens (primary N) is 1. The van der Waals surface area contributed by atoms with Gasteiger partial charge in [-0.1, -0.05) is 6.92 Å². The molecule has 1 aliphatic heterocycles. The zero-order chi connectivity index (χ0) is 10.8. The van der Waals surface area contributed by atoms with Gasteiger partial charge in [0.05, 0.1) is 0 Å². The lowest BCUT2D eigenvalue weighted by atomic mass is 10.1. The van der Waals surface area contributed by atoms with Crippen molar-refractivity contribution < 1.29 is 14.3 Å². The number of fused-ring (bicyclic) bond motifs is 1. The summed E-state index contributed by atoms with van der Waals surface area (Å²) in [5.74, 6) is 0.813. The van der Waals surface area contributed by atoms with Gasteiger partial charge in [0, 0.05) is 5.56 Å². The molecular formula is C11H13NO3. The lowest BCUT2D eigenvalue weighted by molar-refractivity contribution is 0.0879. The van der Waals surface area contributed by atoms with Crippen LogP contribution in [-0.4, -0.2) is 18.6 Å². The molecule has 0 saturated heterocycles. The lowest BCUT2D eigenvalue weighted by Crippen LogP contribution is -2.28. The van der Waals surface area contributed by atoms with Crippen LogP contribution in [0.1, 0.15) is 23.7 Å². The van der Waals surface area contributed by atoms with Crippen LogP contribution >= 0.6 is 0 Å². The van der Waals surface area contributed by atoms with E-state index in [1.54, 1.807) is 18.2 Å². The van der Waals surface area contributed by atoms with Crippen molar-refractivity contribution >= 4 is 5.91 Å². The molecule has 1 aliphatic rings. The summed E-state index contributed by atoms with van der Waals surface area (Å²) in [7, 11) is 0. The number of carbonyl (C=O) groups excluding carboxylic acids is 1. The van der Waals surface area contributed by atoms with Crippen molar-refractivity contribution in [1.29, 1.82) is 0 Å². The van der Waals surface area contributed by atoms with Gasteiger partial charge in [-0.3, -0.25) is 4.79 Å². The molecule has 15 heavy (non-hydrogen) atoms. The monoisotopic (exact) mass is 207 g/mol. The summed E-state index contributed by atoms with van der Waals surface area (Å²) in [4.78, 5) is 10.9. The zero-order valence-corrected chi connectivity index (χ0v) is 8.53. The minimum atomic E-state index is -0.459. The number of rotatable bonds is 2. The summed E-state index contributed by atoms with van der Waals surface area (Å²) < 4.78 is 11.1. The van der Waals surface area contributed by atoms with E-state index >= 15 is 0 Å². The van der Waals surface area contributed by atoms with Crippen LogP contribution in [0.2, 0.25) is 0 Å². The number of carbonyl (C=O) groups is 1. The smallest absolute Gasteiger partial charge is 0.248 e. The van der Waals surface area contributed by atoms with E-state index in [9.17, 15) is 4.79 Å². The summed E-state index contributed by atoms with van der Waals surface area (Å²) in [6, 6.07) is 4.98. The largest absolute Gasteiger partial charge is 0.486 e. The Kier molecular flexibility index (Phi) is 2.49. The van der Waals surface area contributed by atoms with Gasteiger partial charge in [0.2, 0.25) is 5.91 Å². The van der Waals surface area contributed by atoms with Crippen molar-refractivity contribution in [3.05, 3.63) is 23.8 Å². The maximum atomic E-state index is 10.9. The average molecular weight is 207 g/mol. The molecule has 80 valence electrons. The minimum Gasteiger partial charge on any atom is -0.486 e. The van der Waals surface area contributed by atoms with E-state index in [-0.39, 0.29) is 6.10 Å². The third-order valence-corrected chi connectivity index (χ3v) is 2.40. The van der Waals surface area contributed by atoms with Crippen LogP contribution in [0.15, 0.2) is 18.2 Å². The normalized spacial score (nSPS) is 18.6.